The van der Waals surface area contributed by atoms with E-state index in [1.165, 1.54) is 24.0 Å². The summed E-state index contributed by atoms with van der Waals surface area (Å²) in [5.41, 5.74) is 2.37. The van der Waals surface area contributed by atoms with Crippen LogP contribution in [0.15, 0.2) is 30.9 Å². The van der Waals surface area contributed by atoms with E-state index in [1.807, 2.05) is 6.08 Å². The first kappa shape index (κ1) is 15.3. The van der Waals surface area contributed by atoms with Gasteiger partial charge in [0.15, 0.2) is 0 Å². The summed E-state index contributed by atoms with van der Waals surface area (Å²) >= 11 is 0. The second-order valence-electron chi connectivity index (χ2n) is 8.10. The zero-order valence-electron chi connectivity index (χ0n) is 14.3. The Bertz CT molecular complexity index is 637. The number of benzene rings is 1. The lowest BCUT2D eigenvalue weighted by molar-refractivity contribution is -0.0707. The molecule has 0 aliphatic heterocycles. The molecule has 2 saturated carbocycles. The molecule has 3 aliphatic carbocycles. The molecule has 0 heterocycles. The smallest absolute Gasteiger partial charge is 0.119 e. The SMILES string of the molecule is C=C[C@@]1(O)CC[C@H]2[C@H]3CCc4cc(OC)ccc4[C@H]3CC[C@@]21C. The van der Waals surface area contributed by atoms with E-state index >= 15 is 0 Å². The van der Waals surface area contributed by atoms with Crippen molar-refractivity contribution >= 4 is 0 Å². The first-order chi connectivity index (χ1) is 11.0. The van der Waals surface area contributed by atoms with E-state index in [9.17, 15) is 5.11 Å². The van der Waals surface area contributed by atoms with Crippen molar-refractivity contribution < 1.29 is 9.84 Å². The first-order valence-corrected chi connectivity index (χ1v) is 9.05. The third-order valence-electron chi connectivity index (χ3n) is 7.49. The molecule has 0 bridgehead atoms. The predicted molar refractivity (Wildman–Crippen MR) is 92.8 cm³/mol. The second kappa shape index (κ2) is 5.11. The van der Waals surface area contributed by atoms with Crippen LogP contribution in [-0.2, 0) is 6.42 Å². The van der Waals surface area contributed by atoms with Crippen LogP contribution in [0.4, 0.5) is 0 Å². The standard InChI is InChI=1S/C21H28O2/c1-4-21(22)12-10-19-18-7-5-14-13-15(23-3)6-8-16(14)17(18)9-11-20(19,21)2/h4,6,8,13,17-19,22H,1,5,7,9-12H2,2-3H3/t17-,18+,19+,20+,21-/m1/s1. The van der Waals surface area contributed by atoms with Gasteiger partial charge in [0.2, 0.25) is 0 Å². The van der Waals surface area contributed by atoms with Crippen LogP contribution in [0.1, 0.15) is 56.1 Å². The fourth-order valence-corrected chi connectivity index (χ4v) is 6.07. The molecule has 0 aromatic heterocycles. The van der Waals surface area contributed by atoms with Crippen molar-refractivity contribution in [1.29, 1.82) is 0 Å². The minimum absolute atomic E-state index is 0.0138. The molecule has 23 heavy (non-hydrogen) atoms. The van der Waals surface area contributed by atoms with Gasteiger partial charge in [0.1, 0.15) is 5.75 Å². The quantitative estimate of drug-likeness (QED) is 0.817. The molecule has 2 heteroatoms. The summed E-state index contributed by atoms with van der Waals surface area (Å²) in [6, 6.07) is 6.64. The van der Waals surface area contributed by atoms with Gasteiger partial charge in [0.25, 0.3) is 0 Å². The lowest BCUT2D eigenvalue weighted by Crippen LogP contribution is -2.49. The Morgan fingerprint density at radius 2 is 2.09 bits per heavy atom. The molecule has 5 atom stereocenters. The van der Waals surface area contributed by atoms with Crippen molar-refractivity contribution in [2.75, 3.05) is 7.11 Å². The molecule has 4 rings (SSSR count). The Kier molecular flexibility index (Phi) is 3.39. The van der Waals surface area contributed by atoms with Crippen LogP contribution in [0.3, 0.4) is 0 Å². The molecule has 3 aliphatic rings. The minimum Gasteiger partial charge on any atom is -0.497 e. The molecular formula is C21H28O2. The number of aryl methyl sites for hydroxylation is 1. The van der Waals surface area contributed by atoms with Crippen molar-refractivity contribution in [3.05, 3.63) is 42.0 Å². The Hall–Kier alpha value is -1.28. The van der Waals surface area contributed by atoms with Gasteiger partial charge in [-0.25, -0.2) is 0 Å². The van der Waals surface area contributed by atoms with Crippen molar-refractivity contribution in [2.24, 2.45) is 17.3 Å². The van der Waals surface area contributed by atoms with E-state index in [-0.39, 0.29) is 5.41 Å². The molecule has 2 fully saturated rings. The molecule has 1 aromatic rings. The van der Waals surface area contributed by atoms with Gasteiger partial charge in [-0.2, -0.15) is 0 Å². The molecule has 0 radical (unpaired) electrons. The largest absolute Gasteiger partial charge is 0.497 e. The van der Waals surface area contributed by atoms with Crippen LogP contribution < -0.4 is 4.74 Å². The number of aliphatic hydroxyl groups is 1. The van der Waals surface area contributed by atoms with E-state index in [0.717, 1.165) is 31.4 Å². The molecule has 124 valence electrons. The maximum atomic E-state index is 11.1. The van der Waals surface area contributed by atoms with Crippen LogP contribution >= 0.6 is 0 Å². The van der Waals surface area contributed by atoms with Crippen LogP contribution in [0.25, 0.3) is 0 Å². The summed E-state index contributed by atoms with van der Waals surface area (Å²) in [5, 5.41) is 11.1. The average Bonchev–Trinajstić information content (AvgIpc) is 2.86. The number of hydrogen-bond donors (Lipinski definition) is 1. The van der Waals surface area contributed by atoms with Crippen molar-refractivity contribution in [2.45, 2.75) is 57.0 Å². The van der Waals surface area contributed by atoms with Crippen LogP contribution in [0.5, 0.6) is 5.75 Å². The fraction of sp³-hybridized carbons (Fsp3) is 0.619. The first-order valence-electron chi connectivity index (χ1n) is 9.05. The second-order valence-corrected chi connectivity index (χ2v) is 8.10. The van der Waals surface area contributed by atoms with E-state index in [2.05, 4.69) is 31.7 Å². The van der Waals surface area contributed by atoms with Crippen molar-refractivity contribution in [3.63, 3.8) is 0 Å². The monoisotopic (exact) mass is 312 g/mol. The van der Waals surface area contributed by atoms with Gasteiger partial charge in [0, 0.05) is 5.41 Å². The minimum atomic E-state index is -0.664. The molecule has 1 N–H and O–H groups in total. The number of hydrogen-bond acceptors (Lipinski definition) is 2. The van der Waals surface area contributed by atoms with Crippen molar-refractivity contribution in [1.82, 2.24) is 0 Å². The molecule has 2 nitrogen and oxygen atoms in total. The zero-order chi connectivity index (χ0) is 16.2. The van der Waals surface area contributed by atoms with Gasteiger partial charge in [-0.15, -0.1) is 6.58 Å². The highest BCUT2D eigenvalue weighted by molar-refractivity contribution is 5.41. The van der Waals surface area contributed by atoms with E-state index in [0.29, 0.717) is 17.8 Å². The Morgan fingerprint density at radius 1 is 1.26 bits per heavy atom. The van der Waals surface area contributed by atoms with Gasteiger partial charge in [-0.3, -0.25) is 0 Å². The van der Waals surface area contributed by atoms with E-state index in [1.54, 1.807) is 7.11 Å². The third-order valence-corrected chi connectivity index (χ3v) is 7.49. The number of fused-ring (bicyclic) bond motifs is 5. The summed E-state index contributed by atoms with van der Waals surface area (Å²) in [5.74, 6) is 2.97. The topological polar surface area (TPSA) is 29.5 Å². The molecule has 0 amide bonds. The van der Waals surface area contributed by atoms with Gasteiger partial charge >= 0.3 is 0 Å². The highest BCUT2D eigenvalue weighted by Gasteiger charge is 2.60. The third kappa shape index (κ3) is 1.97. The Labute approximate surface area is 139 Å². The van der Waals surface area contributed by atoms with Gasteiger partial charge in [-0.05, 0) is 79.5 Å². The summed E-state index contributed by atoms with van der Waals surface area (Å²) < 4.78 is 5.40. The fourth-order valence-electron chi connectivity index (χ4n) is 6.07. The molecule has 0 unspecified atom stereocenters. The van der Waals surface area contributed by atoms with Gasteiger partial charge in [-0.1, -0.05) is 19.1 Å². The Morgan fingerprint density at radius 3 is 2.83 bits per heavy atom. The average molecular weight is 312 g/mol. The van der Waals surface area contributed by atoms with Crippen LogP contribution in [0, 0.1) is 17.3 Å². The highest BCUT2D eigenvalue weighted by Crippen LogP contribution is 2.64. The molecule has 0 saturated heterocycles. The summed E-state index contributed by atoms with van der Waals surface area (Å²) in [4.78, 5) is 0. The highest BCUT2D eigenvalue weighted by atomic mass is 16.5. The normalized spacial score (nSPS) is 41.6. The number of methoxy groups -OCH3 is 1. The molecular weight excluding hydrogens is 284 g/mol. The lowest BCUT2D eigenvalue weighted by Gasteiger charge is -2.52. The van der Waals surface area contributed by atoms with Gasteiger partial charge < -0.3 is 9.84 Å². The van der Waals surface area contributed by atoms with E-state index < -0.39 is 5.60 Å². The number of rotatable bonds is 2. The lowest BCUT2D eigenvalue weighted by atomic mass is 9.53. The Balaban J connectivity index is 1.69. The van der Waals surface area contributed by atoms with Crippen LogP contribution in [0.2, 0.25) is 0 Å². The van der Waals surface area contributed by atoms with Crippen LogP contribution in [-0.4, -0.2) is 17.8 Å². The summed E-state index contributed by atoms with van der Waals surface area (Å²) in [7, 11) is 1.74. The summed E-state index contributed by atoms with van der Waals surface area (Å²) in [6.45, 7) is 6.26. The number of ether oxygens (including phenoxy) is 1. The predicted octanol–water partition coefficient (Wildman–Crippen LogP) is 4.47. The van der Waals surface area contributed by atoms with E-state index in [4.69, 9.17) is 4.74 Å². The molecule has 1 aromatic carbocycles. The van der Waals surface area contributed by atoms with Crippen molar-refractivity contribution in [3.8, 4) is 5.75 Å². The maximum absolute atomic E-state index is 11.1. The summed E-state index contributed by atoms with van der Waals surface area (Å²) in [6.07, 6.45) is 8.54. The zero-order valence-corrected chi connectivity index (χ0v) is 14.3. The van der Waals surface area contributed by atoms with Gasteiger partial charge in [0.05, 0.1) is 12.7 Å². The molecule has 0 spiro atoms. The maximum Gasteiger partial charge on any atom is 0.119 e.